The molecule has 0 aliphatic heterocycles. The number of fused-ring (bicyclic) bond motifs is 1. The number of rotatable bonds is 5. The van der Waals surface area contributed by atoms with Gasteiger partial charge in [0.15, 0.2) is 11.2 Å². The minimum absolute atomic E-state index is 0.114. The van der Waals surface area contributed by atoms with Gasteiger partial charge in [0.25, 0.3) is 5.56 Å². The van der Waals surface area contributed by atoms with Gasteiger partial charge in [0.05, 0.1) is 17.8 Å². The van der Waals surface area contributed by atoms with Crippen LogP contribution in [0, 0.1) is 12.7 Å². The first-order valence-corrected chi connectivity index (χ1v) is 9.71. The summed E-state index contributed by atoms with van der Waals surface area (Å²) >= 11 is 6.02. The van der Waals surface area contributed by atoms with Crippen LogP contribution in [0.5, 0.6) is 0 Å². The predicted molar refractivity (Wildman–Crippen MR) is 119 cm³/mol. The van der Waals surface area contributed by atoms with E-state index >= 15 is 0 Å². The van der Waals surface area contributed by atoms with Crippen molar-refractivity contribution in [3.05, 3.63) is 90.8 Å². The number of imidazole rings is 1. The third-order valence-electron chi connectivity index (χ3n) is 4.79. The molecule has 10 heteroatoms. The summed E-state index contributed by atoms with van der Waals surface area (Å²) in [5.41, 5.74) is 4.11. The van der Waals surface area contributed by atoms with Crippen molar-refractivity contribution < 1.29 is 4.39 Å². The van der Waals surface area contributed by atoms with Gasteiger partial charge in [0.2, 0.25) is 5.95 Å². The van der Waals surface area contributed by atoms with Crippen LogP contribution in [-0.2, 0) is 13.6 Å². The number of H-pyrrole nitrogens is 1. The SMILES string of the molecule is Cc1cccc(Cn2c(N/N=C/c3c(F)cccc3Cl)nc3c2c(=O)[nH]c(=O)n3C)c1. The first kappa shape index (κ1) is 20.5. The second kappa shape index (κ2) is 8.19. The van der Waals surface area contributed by atoms with E-state index < -0.39 is 17.1 Å². The van der Waals surface area contributed by atoms with E-state index in [4.69, 9.17) is 11.6 Å². The van der Waals surface area contributed by atoms with Crippen LogP contribution in [-0.4, -0.2) is 25.3 Å². The van der Waals surface area contributed by atoms with Crippen molar-refractivity contribution in [2.75, 3.05) is 5.43 Å². The average Bonchev–Trinajstić information content (AvgIpc) is 3.07. The van der Waals surface area contributed by atoms with Crippen molar-refractivity contribution in [2.24, 2.45) is 12.1 Å². The Hall–Kier alpha value is -3.72. The molecule has 4 aromatic rings. The van der Waals surface area contributed by atoms with Gasteiger partial charge in [-0.25, -0.2) is 14.6 Å². The molecule has 0 amide bonds. The van der Waals surface area contributed by atoms with Gasteiger partial charge in [-0.3, -0.25) is 18.9 Å². The van der Waals surface area contributed by atoms with Crippen molar-refractivity contribution >= 4 is 34.9 Å². The Labute approximate surface area is 180 Å². The van der Waals surface area contributed by atoms with Gasteiger partial charge in [-0.05, 0) is 24.6 Å². The summed E-state index contributed by atoms with van der Waals surface area (Å²) in [5, 5.41) is 4.25. The maximum Gasteiger partial charge on any atom is 0.329 e. The van der Waals surface area contributed by atoms with Gasteiger partial charge in [0, 0.05) is 12.6 Å². The number of aryl methyl sites for hydroxylation is 2. The van der Waals surface area contributed by atoms with Crippen LogP contribution < -0.4 is 16.7 Å². The fourth-order valence-electron chi connectivity index (χ4n) is 3.26. The third-order valence-corrected chi connectivity index (χ3v) is 5.12. The number of hydrogen-bond acceptors (Lipinski definition) is 5. The van der Waals surface area contributed by atoms with Crippen LogP contribution in [0.4, 0.5) is 10.3 Å². The summed E-state index contributed by atoms with van der Waals surface area (Å²) < 4.78 is 16.8. The number of aromatic amines is 1. The maximum absolute atomic E-state index is 14.0. The highest BCUT2D eigenvalue weighted by Gasteiger charge is 2.17. The molecule has 2 aromatic heterocycles. The molecule has 0 saturated carbocycles. The molecule has 0 unspecified atom stereocenters. The standard InChI is InChI=1S/C21H18ClFN6O2/c1-12-5-3-6-13(9-12)11-29-17-18(28(2)21(31)26-19(17)30)25-20(29)27-24-10-14-15(22)7-4-8-16(14)23/h3-10H,11H2,1-2H3,(H,25,27)(H,26,30,31)/b24-10+. The maximum atomic E-state index is 14.0. The molecule has 0 aliphatic rings. The molecule has 2 heterocycles. The molecular weight excluding hydrogens is 423 g/mol. The number of halogens is 2. The molecule has 158 valence electrons. The number of nitrogens with one attached hydrogen (secondary N) is 2. The quantitative estimate of drug-likeness (QED) is 0.368. The smallest absolute Gasteiger partial charge is 0.298 e. The van der Waals surface area contributed by atoms with E-state index in [1.165, 1.54) is 30.0 Å². The molecule has 0 saturated heterocycles. The molecule has 0 spiro atoms. The van der Waals surface area contributed by atoms with Crippen LogP contribution in [0.1, 0.15) is 16.7 Å². The lowest BCUT2D eigenvalue weighted by molar-refractivity contribution is 0.626. The third kappa shape index (κ3) is 3.99. The van der Waals surface area contributed by atoms with Gasteiger partial charge < -0.3 is 0 Å². The lowest BCUT2D eigenvalue weighted by Crippen LogP contribution is -2.29. The van der Waals surface area contributed by atoms with E-state index in [0.29, 0.717) is 6.54 Å². The molecule has 0 atom stereocenters. The van der Waals surface area contributed by atoms with Gasteiger partial charge in [-0.2, -0.15) is 10.1 Å². The molecule has 2 N–H and O–H groups in total. The first-order valence-electron chi connectivity index (χ1n) is 9.33. The molecule has 2 aromatic carbocycles. The molecular formula is C21H18ClFN6O2. The Bertz CT molecular complexity index is 1420. The van der Waals surface area contributed by atoms with Crippen LogP contribution in [0.3, 0.4) is 0 Å². The van der Waals surface area contributed by atoms with Crippen molar-refractivity contribution in [3.63, 3.8) is 0 Å². The minimum Gasteiger partial charge on any atom is -0.298 e. The highest BCUT2D eigenvalue weighted by Crippen LogP contribution is 2.19. The first-order chi connectivity index (χ1) is 14.8. The lowest BCUT2D eigenvalue weighted by Gasteiger charge is -2.09. The molecule has 0 radical (unpaired) electrons. The van der Waals surface area contributed by atoms with Crippen molar-refractivity contribution in [2.45, 2.75) is 13.5 Å². The zero-order chi connectivity index (χ0) is 22.1. The Balaban J connectivity index is 1.81. The molecule has 0 bridgehead atoms. The zero-order valence-corrected chi connectivity index (χ0v) is 17.4. The average molecular weight is 441 g/mol. The van der Waals surface area contributed by atoms with E-state index in [1.807, 2.05) is 31.2 Å². The second-order valence-electron chi connectivity index (χ2n) is 7.01. The number of aromatic nitrogens is 4. The largest absolute Gasteiger partial charge is 0.329 e. The number of anilines is 1. The van der Waals surface area contributed by atoms with Crippen molar-refractivity contribution in [1.29, 1.82) is 0 Å². The van der Waals surface area contributed by atoms with Crippen molar-refractivity contribution in [3.8, 4) is 0 Å². The van der Waals surface area contributed by atoms with Gasteiger partial charge >= 0.3 is 5.69 Å². The Kier molecular flexibility index (Phi) is 5.43. The lowest BCUT2D eigenvalue weighted by atomic mass is 10.1. The van der Waals surface area contributed by atoms with E-state index in [1.54, 1.807) is 10.6 Å². The number of nitrogens with zero attached hydrogens (tertiary/aromatic N) is 4. The summed E-state index contributed by atoms with van der Waals surface area (Å²) in [4.78, 5) is 31.2. The predicted octanol–water partition coefficient (Wildman–Crippen LogP) is 3.02. The fourth-order valence-corrected chi connectivity index (χ4v) is 3.47. The Morgan fingerprint density at radius 3 is 2.77 bits per heavy atom. The van der Waals surface area contributed by atoms with Gasteiger partial charge in [0.1, 0.15) is 5.82 Å². The highest BCUT2D eigenvalue weighted by molar-refractivity contribution is 6.33. The molecule has 8 nitrogen and oxygen atoms in total. The molecule has 0 fully saturated rings. The Morgan fingerprint density at radius 1 is 1.26 bits per heavy atom. The Morgan fingerprint density at radius 2 is 2.03 bits per heavy atom. The highest BCUT2D eigenvalue weighted by atomic mass is 35.5. The summed E-state index contributed by atoms with van der Waals surface area (Å²) in [7, 11) is 1.51. The summed E-state index contributed by atoms with van der Waals surface area (Å²) in [5.74, 6) is -0.308. The zero-order valence-electron chi connectivity index (χ0n) is 16.7. The van der Waals surface area contributed by atoms with E-state index in [-0.39, 0.29) is 27.7 Å². The number of hydrogen-bond donors (Lipinski definition) is 2. The molecule has 0 aliphatic carbocycles. The normalized spacial score (nSPS) is 11.5. The minimum atomic E-state index is -0.578. The van der Waals surface area contributed by atoms with Crippen molar-refractivity contribution in [1.82, 2.24) is 19.1 Å². The van der Waals surface area contributed by atoms with E-state index in [2.05, 4.69) is 20.5 Å². The molecule has 31 heavy (non-hydrogen) atoms. The van der Waals surface area contributed by atoms with Crippen LogP contribution in [0.2, 0.25) is 5.02 Å². The fraction of sp³-hybridized carbons (Fsp3) is 0.143. The van der Waals surface area contributed by atoms with Gasteiger partial charge in [-0.15, -0.1) is 0 Å². The molecule has 4 rings (SSSR count). The summed E-state index contributed by atoms with van der Waals surface area (Å²) in [6, 6.07) is 12.1. The van der Waals surface area contributed by atoms with E-state index in [9.17, 15) is 14.0 Å². The summed E-state index contributed by atoms with van der Waals surface area (Å²) in [6.45, 7) is 2.27. The van der Waals surface area contributed by atoms with E-state index in [0.717, 1.165) is 11.1 Å². The monoisotopic (exact) mass is 440 g/mol. The van der Waals surface area contributed by atoms with Crippen LogP contribution >= 0.6 is 11.6 Å². The van der Waals surface area contributed by atoms with Crippen LogP contribution in [0.15, 0.2) is 57.2 Å². The number of benzene rings is 2. The number of hydrazone groups is 1. The van der Waals surface area contributed by atoms with Gasteiger partial charge in [-0.1, -0.05) is 47.5 Å². The topological polar surface area (TPSA) is 97.1 Å². The van der Waals surface area contributed by atoms with Crippen LogP contribution in [0.25, 0.3) is 11.2 Å². The summed E-state index contributed by atoms with van der Waals surface area (Å²) in [6.07, 6.45) is 1.23. The second-order valence-corrected chi connectivity index (χ2v) is 7.41.